The van der Waals surface area contributed by atoms with Crippen LogP contribution < -0.4 is 10.6 Å². The van der Waals surface area contributed by atoms with Gasteiger partial charge in [0, 0.05) is 12.1 Å². The maximum absolute atomic E-state index is 11.8. The Morgan fingerprint density at radius 2 is 2.10 bits per heavy atom. The number of nitrogens with one attached hydrogen (secondary N) is 2. The van der Waals surface area contributed by atoms with E-state index in [9.17, 15) is 13.2 Å². The second-order valence-corrected chi connectivity index (χ2v) is 9.68. The third kappa shape index (κ3) is 4.55. The van der Waals surface area contributed by atoms with E-state index >= 15 is 0 Å². The molecule has 1 atom stereocenters. The molecule has 1 saturated carbocycles. The van der Waals surface area contributed by atoms with Gasteiger partial charge in [-0.1, -0.05) is 23.1 Å². The molecule has 2 heterocycles. The monoisotopic (exact) mass is 348 g/mol. The average molecular weight is 348 g/mol. The van der Waals surface area contributed by atoms with Crippen LogP contribution >= 0.6 is 23.1 Å². The zero-order chi connectivity index (χ0) is 14.9. The molecular weight excluding hydrogens is 332 g/mol. The fourth-order valence-corrected chi connectivity index (χ4v) is 5.35. The van der Waals surface area contributed by atoms with Gasteiger partial charge in [0.25, 0.3) is 0 Å². The van der Waals surface area contributed by atoms with Crippen LogP contribution in [-0.2, 0) is 14.6 Å². The van der Waals surface area contributed by atoms with E-state index < -0.39 is 9.84 Å². The van der Waals surface area contributed by atoms with Crippen molar-refractivity contribution < 1.29 is 13.2 Å². The molecule has 116 valence electrons. The minimum Gasteiger partial charge on any atom is -0.357 e. The van der Waals surface area contributed by atoms with Crippen molar-refractivity contribution >= 4 is 44.0 Å². The summed E-state index contributed by atoms with van der Waals surface area (Å²) >= 11 is 2.76. The van der Waals surface area contributed by atoms with Crippen molar-refractivity contribution in [2.24, 2.45) is 0 Å². The molecule has 2 aliphatic rings. The van der Waals surface area contributed by atoms with Gasteiger partial charge in [-0.3, -0.25) is 4.79 Å². The van der Waals surface area contributed by atoms with Gasteiger partial charge in [-0.25, -0.2) is 8.42 Å². The third-order valence-electron chi connectivity index (χ3n) is 3.24. The molecule has 2 N–H and O–H groups in total. The van der Waals surface area contributed by atoms with Crippen LogP contribution in [0.1, 0.15) is 19.3 Å². The van der Waals surface area contributed by atoms with Crippen LogP contribution in [0.4, 0.5) is 5.13 Å². The van der Waals surface area contributed by atoms with Crippen LogP contribution in [0.5, 0.6) is 0 Å². The number of hydrogen-bond donors (Lipinski definition) is 2. The smallest absolute Gasteiger partial charge is 0.230 e. The minimum absolute atomic E-state index is 0.0532. The standard InChI is InChI=1S/C11H16N4O3S3/c16-9(12-8-3-4-21(17,18)6-8)5-19-11-15-14-10(20-11)13-7-1-2-7/h7-8H,1-6H2,(H,12,16)(H,13,14)/t8-/m0/s1. The lowest BCUT2D eigenvalue weighted by molar-refractivity contribution is -0.119. The van der Waals surface area contributed by atoms with E-state index in [1.165, 1.54) is 35.9 Å². The van der Waals surface area contributed by atoms with Crippen molar-refractivity contribution in [2.45, 2.75) is 35.7 Å². The number of carbonyl (C=O) groups is 1. The Morgan fingerprint density at radius 1 is 1.29 bits per heavy atom. The molecule has 21 heavy (non-hydrogen) atoms. The van der Waals surface area contributed by atoms with Gasteiger partial charge < -0.3 is 10.6 Å². The summed E-state index contributed by atoms with van der Waals surface area (Å²) in [5.74, 6) is 0.290. The van der Waals surface area contributed by atoms with E-state index in [1.54, 1.807) is 0 Å². The highest BCUT2D eigenvalue weighted by Crippen LogP contribution is 2.30. The first-order chi connectivity index (χ1) is 10.00. The molecule has 0 aromatic carbocycles. The fourth-order valence-electron chi connectivity index (χ4n) is 2.03. The van der Waals surface area contributed by atoms with Gasteiger partial charge in [-0.05, 0) is 19.3 Å². The normalized spacial score (nSPS) is 23.9. The lowest BCUT2D eigenvalue weighted by Gasteiger charge is -2.09. The minimum atomic E-state index is -2.96. The van der Waals surface area contributed by atoms with Gasteiger partial charge in [-0.15, -0.1) is 10.2 Å². The van der Waals surface area contributed by atoms with Crippen molar-refractivity contribution in [1.29, 1.82) is 0 Å². The maximum Gasteiger partial charge on any atom is 0.230 e. The molecule has 0 bridgehead atoms. The second kappa shape index (κ2) is 6.09. The number of hydrogen-bond acceptors (Lipinski definition) is 8. The van der Waals surface area contributed by atoms with Gasteiger partial charge in [0.1, 0.15) is 0 Å². The number of carbonyl (C=O) groups excluding carboxylic acids is 1. The molecule has 1 amide bonds. The van der Waals surface area contributed by atoms with Crippen LogP contribution in [0.2, 0.25) is 0 Å². The van der Waals surface area contributed by atoms with Crippen LogP contribution in [-0.4, -0.2) is 53.9 Å². The maximum atomic E-state index is 11.8. The number of anilines is 1. The van der Waals surface area contributed by atoms with Crippen LogP contribution in [0.3, 0.4) is 0 Å². The van der Waals surface area contributed by atoms with E-state index in [2.05, 4.69) is 20.8 Å². The van der Waals surface area contributed by atoms with E-state index in [0.29, 0.717) is 12.5 Å². The SMILES string of the molecule is O=C(CSc1nnc(NC2CC2)s1)N[C@H]1CCS(=O)(=O)C1. The Hall–Kier alpha value is -0.870. The van der Waals surface area contributed by atoms with Crippen molar-refractivity contribution in [2.75, 3.05) is 22.6 Å². The molecule has 0 unspecified atom stereocenters. The lowest BCUT2D eigenvalue weighted by atomic mass is 10.3. The third-order valence-corrected chi connectivity index (χ3v) is 6.99. The first-order valence-corrected chi connectivity index (χ1v) is 10.4. The highest BCUT2D eigenvalue weighted by Gasteiger charge is 2.29. The summed E-state index contributed by atoms with van der Waals surface area (Å²) in [6.45, 7) is 0. The van der Waals surface area contributed by atoms with Crippen LogP contribution in [0.25, 0.3) is 0 Å². The van der Waals surface area contributed by atoms with E-state index in [0.717, 1.165) is 9.47 Å². The van der Waals surface area contributed by atoms with Gasteiger partial charge in [-0.2, -0.15) is 0 Å². The molecule has 10 heteroatoms. The molecule has 1 aliphatic heterocycles. The zero-order valence-electron chi connectivity index (χ0n) is 11.2. The molecule has 3 rings (SSSR count). The summed E-state index contributed by atoms with van der Waals surface area (Å²) in [6, 6.07) is 0.285. The molecule has 1 aromatic heterocycles. The molecular formula is C11H16N4O3S3. The van der Waals surface area contributed by atoms with Crippen molar-refractivity contribution in [3.05, 3.63) is 0 Å². The molecule has 0 radical (unpaired) electrons. The number of aromatic nitrogens is 2. The topological polar surface area (TPSA) is 101 Å². The summed E-state index contributed by atoms with van der Waals surface area (Å²) in [7, 11) is -2.96. The van der Waals surface area contributed by atoms with Gasteiger partial charge in [0.2, 0.25) is 11.0 Å². The number of nitrogens with zero attached hydrogens (tertiary/aromatic N) is 2. The Labute approximate surface area is 131 Å². The highest BCUT2D eigenvalue weighted by atomic mass is 32.2. The molecule has 1 aliphatic carbocycles. The predicted molar refractivity (Wildman–Crippen MR) is 82.5 cm³/mol. The summed E-state index contributed by atoms with van der Waals surface area (Å²) in [4.78, 5) is 11.8. The molecule has 7 nitrogen and oxygen atoms in total. The molecule has 1 saturated heterocycles. The average Bonchev–Trinajstić information content (AvgIpc) is 2.99. The van der Waals surface area contributed by atoms with E-state index in [1.807, 2.05) is 0 Å². The summed E-state index contributed by atoms with van der Waals surface area (Å²) in [5.41, 5.74) is 0. The number of amides is 1. The Kier molecular flexibility index (Phi) is 4.36. The number of sulfone groups is 1. The van der Waals surface area contributed by atoms with Crippen LogP contribution in [0.15, 0.2) is 4.34 Å². The first-order valence-electron chi connectivity index (χ1n) is 6.73. The second-order valence-electron chi connectivity index (χ2n) is 5.25. The Morgan fingerprint density at radius 3 is 2.76 bits per heavy atom. The van der Waals surface area contributed by atoms with Crippen molar-refractivity contribution in [1.82, 2.24) is 15.5 Å². The zero-order valence-corrected chi connectivity index (χ0v) is 13.7. The van der Waals surface area contributed by atoms with Crippen molar-refractivity contribution in [3.8, 4) is 0 Å². The summed E-state index contributed by atoms with van der Waals surface area (Å²) < 4.78 is 23.4. The van der Waals surface area contributed by atoms with Gasteiger partial charge in [0.15, 0.2) is 14.2 Å². The van der Waals surface area contributed by atoms with Gasteiger partial charge >= 0.3 is 0 Å². The Balaban J connectivity index is 1.42. The lowest BCUT2D eigenvalue weighted by Crippen LogP contribution is -2.36. The van der Waals surface area contributed by atoms with Gasteiger partial charge in [0.05, 0.1) is 17.3 Å². The molecule has 2 fully saturated rings. The Bertz CT molecular complexity index is 626. The van der Waals surface area contributed by atoms with Crippen LogP contribution in [0, 0.1) is 0 Å². The number of rotatable bonds is 6. The quantitative estimate of drug-likeness (QED) is 0.722. The van der Waals surface area contributed by atoms with Crippen molar-refractivity contribution in [3.63, 3.8) is 0 Å². The number of thioether (sulfide) groups is 1. The highest BCUT2D eigenvalue weighted by molar-refractivity contribution is 8.01. The van der Waals surface area contributed by atoms with E-state index in [-0.39, 0.29) is 29.2 Å². The molecule has 0 spiro atoms. The predicted octanol–water partition coefficient (Wildman–Crippen LogP) is 0.508. The molecule has 1 aromatic rings. The fraction of sp³-hybridized carbons (Fsp3) is 0.727. The first kappa shape index (κ1) is 15.0. The summed E-state index contributed by atoms with van der Waals surface area (Å²) in [5, 5.41) is 14.8. The van der Waals surface area contributed by atoms with E-state index in [4.69, 9.17) is 0 Å². The summed E-state index contributed by atoms with van der Waals surface area (Å²) in [6.07, 6.45) is 2.86. The largest absolute Gasteiger partial charge is 0.357 e.